The topological polar surface area (TPSA) is 143 Å². The van der Waals surface area contributed by atoms with Crippen molar-refractivity contribution in [2.75, 3.05) is 18.4 Å². The van der Waals surface area contributed by atoms with Crippen LogP contribution in [0, 0.1) is 10.1 Å². The smallest absolute Gasteiger partial charge is 0.300 e. The lowest BCUT2D eigenvalue weighted by molar-refractivity contribution is -0.383. The van der Waals surface area contributed by atoms with E-state index in [0.29, 0.717) is 30.7 Å². The predicted molar refractivity (Wildman–Crippen MR) is 65.6 cm³/mol. The normalized spacial score (nSPS) is 10.1. The lowest BCUT2D eigenvalue weighted by atomic mass is 10.2. The van der Waals surface area contributed by atoms with E-state index in [9.17, 15) is 10.1 Å². The van der Waals surface area contributed by atoms with Gasteiger partial charge in [-0.15, -0.1) is 0 Å². The fourth-order valence-corrected chi connectivity index (χ4v) is 1.56. The summed E-state index contributed by atoms with van der Waals surface area (Å²) in [4.78, 5) is 12.9. The van der Waals surface area contributed by atoms with Gasteiger partial charge in [0.15, 0.2) is 5.52 Å². The van der Waals surface area contributed by atoms with E-state index in [1.165, 1.54) is 12.1 Å². The number of nitrogens with zero attached hydrogens (tertiary/aromatic N) is 6. The number of nitro groups is 1. The zero-order chi connectivity index (χ0) is 13.7. The first-order chi connectivity index (χ1) is 9.24. The molecule has 2 rings (SSSR count). The molecule has 1 aromatic heterocycles. The number of nitrogens with one attached hydrogen (secondary N) is 1. The molecule has 0 unspecified atom stereocenters. The maximum atomic E-state index is 10.8. The van der Waals surface area contributed by atoms with E-state index in [-0.39, 0.29) is 11.2 Å². The maximum Gasteiger partial charge on any atom is 0.300 e. The number of benzene rings is 1. The molecule has 10 heteroatoms. The Morgan fingerprint density at radius 2 is 2.26 bits per heavy atom. The zero-order valence-electron chi connectivity index (χ0n) is 9.68. The molecule has 98 valence electrons. The van der Waals surface area contributed by atoms with E-state index in [1.54, 1.807) is 0 Å². The van der Waals surface area contributed by atoms with Crippen molar-refractivity contribution in [3.8, 4) is 0 Å². The molecule has 0 bridgehead atoms. The molecule has 2 aromatic rings. The molecular formula is C9H9N7O3. The fourth-order valence-electron chi connectivity index (χ4n) is 1.56. The van der Waals surface area contributed by atoms with Crippen LogP contribution in [0.25, 0.3) is 21.5 Å². The molecule has 0 amide bonds. The molecule has 0 saturated carbocycles. The van der Waals surface area contributed by atoms with Crippen LogP contribution < -0.4 is 5.32 Å². The minimum absolute atomic E-state index is 0.102. The van der Waals surface area contributed by atoms with Gasteiger partial charge in [-0.2, -0.15) is 0 Å². The van der Waals surface area contributed by atoms with Crippen LogP contribution in [0.4, 0.5) is 11.4 Å². The van der Waals surface area contributed by atoms with Crippen LogP contribution in [0.5, 0.6) is 0 Å². The summed E-state index contributed by atoms with van der Waals surface area (Å²) in [6, 6.07) is 2.88. The van der Waals surface area contributed by atoms with Crippen LogP contribution in [0.3, 0.4) is 0 Å². The van der Waals surface area contributed by atoms with Gasteiger partial charge in [0.1, 0.15) is 0 Å². The number of hydrogen-bond acceptors (Lipinski definition) is 7. The lowest BCUT2D eigenvalue weighted by Gasteiger charge is -2.04. The van der Waals surface area contributed by atoms with Crippen LogP contribution in [0.1, 0.15) is 6.42 Å². The van der Waals surface area contributed by atoms with Crippen LogP contribution >= 0.6 is 0 Å². The molecule has 0 aliphatic heterocycles. The third-order valence-electron chi connectivity index (χ3n) is 2.40. The van der Waals surface area contributed by atoms with Gasteiger partial charge in [0, 0.05) is 24.1 Å². The number of fused-ring (bicyclic) bond motifs is 1. The molecule has 0 atom stereocenters. The molecule has 1 N–H and O–H groups in total. The highest BCUT2D eigenvalue weighted by Gasteiger charge is 2.19. The summed E-state index contributed by atoms with van der Waals surface area (Å²) in [5.74, 6) is 0. The van der Waals surface area contributed by atoms with Crippen LogP contribution in [0.2, 0.25) is 0 Å². The van der Waals surface area contributed by atoms with Crippen molar-refractivity contribution >= 4 is 22.4 Å². The predicted octanol–water partition coefficient (Wildman–Crippen LogP) is 2.24. The maximum absolute atomic E-state index is 10.8. The van der Waals surface area contributed by atoms with E-state index in [2.05, 4.69) is 30.3 Å². The molecule has 19 heavy (non-hydrogen) atoms. The Hall–Kier alpha value is -2.87. The Kier molecular flexibility index (Phi) is 3.74. The fraction of sp³-hybridized carbons (Fsp3) is 0.333. The second-order valence-electron chi connectivity index (χ2n) is 3.59. The molecule has 0 fully saturated rings. The first-order valence-corrected chi connectivity index (χ1v) is 5.38. The molecular weight excluding hydrogens is 254 g/mol. The molecule has 1 heterocycles. The Morgan fingerprint density at radius 3 is 3.00 bits per heavy atom. The summed E-state index contributed by atoms with van der Waals surface area (Å²) in [5, 5.41) is 24.4. The monoisotopic (exact) mass is 263 g/mol. The summed E-state index contributed by atoms with van der Waals surface area (Å²) in [7, 11) is 0. The summed E-state index contributed by atoms with van der Waals surface area (Å²) >= 11 is 0. The van der Waals surface area contributed by atoms with Gasteiger partial charge in [-0.05, 0) is 28.3 Å². The Morgan fingerprint density at radius 1 is 1.47 bits per heavy atom. The summed E-state index contributed by atoms with van der Waals surface area (Å²) in [5.41, 5.74) is 8.96. The second-order valence-corrected chi connectivity index (χ2v) is 3.59. The van der Waals surface area contributed by atoms with Gasteiger partial charge in [0.25, 0.3) is 0 Å². The zero-order valence-corrected chi connectivity index (χ0v) is 9.68. The Balaban J connectivity index is 2.16. The first kappa shape index (κ1) is 12.6. The Labute approximate surface area is 106 Å². The second kappa shape index (κ2) is 5.65. The number of aromatic nitrogens is 2. The van der Waals surface area contributed by atoms with Crippen molar-refractivity contribution in [1.29, 1.82) is 0 Å². The molecule has 0 aliphatic rings. The van der Waals surface area contributed by atoms with E-state index in [1.807, 2.05) is 0 Å². The van der Waals surface area contributed by atoms with Gasteiger partial charge >= 0.3 is 5.69 Å². The molecule has 1 aromatic carbocycles. The van der Waals surface area contributed by atoms with Gasteiger partial charge in [-0.25, -0.2) is 4.63 Å². The van der Waals surface area contributed by atoms with Crippen molar-refractivity contribution in [3.63, 3.8) is 0 Å². The minimum atomic E-state index is -0.544. The van der Waals surface area contributed by atoms with Crippen molar-refractivity contribution in [2.45, 2.75) is 6.42 Å². The largest absolute Gasteiger partial charge is 0.383 e. The van der Waals surface area contributed by atoms with Crippen LogP contribution in [-0.2, 0) is 0 Å². The standard InChI is InChI=1S/C9H9N7O3/c10-15-12-5-1-4-11-6-2-3-7(16(17)18)9-8(6)13-19-14-9/h2-3,11H,1,4-5H2. The average molecular weight is 263 g/mol. The van der Waals surface area contributed by atoms with Crippen molar-refractivity contribution < 1.29 is 9.55 Å². The van der Waals surface area contributed by atoms with Gasteiger partial charge in [-0.3, -0.25) is 10.1 Å². The molecule has 0 spiro atoms. The van der Waals surface area contributed by atoms with Crippen molar-refractivity contribution in [2.24, 2.45) is 5.11 Å². The van der Waals surface area contributed by atoms with Crippen LogP contribution in [0.15, 0.2) is 21.9 Å². The highest BCUT2D eigenvalue weighted by atomic mass is 16.6. The van der Waals surface area contributed by atoms with E-state index in [4.69, 9.17) is 5.53 Å². The first-order valence-electron chi connectivity index (χ1n) is 5.38. The third kappa shape index (κ3) is 2.69. The van der Waals surface area contributed by atoms with E-state index >= 15 is 0 Å². The molecule has 0 saturated heterocycles. The highest BCUT2D eigenvalue weighted by Crippen LogP contribution is 2.28. The molecule has 10 nitrogen and oxygen atoms in total. The SMILES string of the molecule is [N-]=[N+]=NCCCNc1ccc([N+](=O)[O-])c2nonc12. The number of azide groups is 1. The van der Waals surface area contributed by atoms with E-state index < -0.39 is 4.92 Å². The summed E-state index contributed by atoms with van der Waals surface area (Å²) in [6.45, 7) is 0.912. The number of nitro benzene ring substituents is 1. The third-order valence-corrected chi connectivity index (χ3v) is 2.40. The van der Waals surface area contributed by atoms with E-state index in [0.717, 1.165) is 0 Å². The number of anilines is 1. The van der Waals surface area contributed by atoms with Crippen molar-refractivity contribution in [1.82, 2.24) is 10.3 Å². The quantitative estimate of drug-likeness (QED) is 0.211. The summed E-state index contributed by atoms with van der Waals surface area (Å²) in [6.07, 6.45) is 0.633. The molecule has 0 radical (unpaired) electrons. The van der Waals surface area contributed by atoms with Gasteiger partial charge < -0.3 is 5.32 Å². The van der Waals surface area contributed by atoms with Gasteiger partial charge in [0.2, 0.25) is 5.52 Å². The summed E-state index contributed by atoms with van der Waals surface area (Å²) < 4.78 is 4.53. The minimum Gasteiger partial charge on any atom is -0.383 e. The van der Waals surface area contributed by atoms with Crippen LogP contribution in [-0.4, -0.2) is 28.3 Å². The number of non-ortho nitro benzene ring substituents is 1. The highest BCUT2D eigenvalue weighted by molar-refractivity contribution is 5.93. The average Bonchev–Trinajstić information content (AvgIpc) is 2.87. The van der Waals surface area contributed by atoms with Crippen molar-refractivity contribution in [3.05, 3.63) is 32.7 Å². The lowest BCUT2D eigenvalue weighted by Crippen LogP contribution is -2.03. The number of hydrogen-bond donors (Lipinski definition) is 1. The molecule has 0 aliphatic carbocycles. The van der Waals surface area contributed by atoms with Gasteiger partial charge in [0.05, 0.1) is 10.6 Å². The number of rotatable bonds is 6. The van der Waals surface area contributed by atoms with Gasteiger partial charge in [-0.1, -0.05) is 5.11 Å². The Bertz CT molecular complexity index is 646.